The van der Waals surface area contributed by atoms with Crippen LogP contribution in [0.2, 0.25) is 10.0 Å². The molecular weight excluding hydrogens is 513 g/mol. The van der Waals surface area contributed by atoms with Crippen molar-refractivity contribution in [2.45, 2.75) is 58.0 Å². The van der Waals surface area contributed by atoms with Crippen LogP contribution in [0.3, 0.4) is 0 Å². The summed E-state index contributed by atoms with van der Waals surface area (Å²) in [6.07, 6.45) is 4.15. The van der Waals surface area contributed by atoms with E-state index in [2.05, 4.69) is 11.8 Å². The van der Waals surface area contributed by atoms with Crippen molar-refractivity contribution >= 4 is 40.7 Å². The van der Waals surface area contributed by atoms with E-state index in [0.29, 0.717) is 46.3 Å². The highest BCUT2D eigenvalue weighted by Crippen LogP contribution is 2.50. The molecule has 192 valence electrons. The van der Waals surface area contributed by atoms with E-state index in [1.165, 1.54) is 12.1 Å². The molecule has 3 aliphatic rings. The minimum Gasteiger partial charge on any atom is -0.486 e. The van der Waals surface area contributed by atoms with Gasteiger partial charge in [-0.15, -0.1) is 0 Å². The zero-order chi connectivity index (χ0) is 26.3. The van der Waals surface area contributed by atoms with Crippen LogP contribution in [-0.2, 0) is 16.2 Å². The summed E-state index contributed by atoms with van der Waals surface area (Å²) in [4.78, 5) is 39.8. The molecule has 1 aliphatic heterocycles. The number of rotatable bonds is 6. The van der Waals surface area contributed by atoms with Gasteiger partial charge in [-0.3, -0.25) is 9.59 Å². The van der Waals surface area contributed by atoms with Gasteiger partial charge in [0.25, 0.3) is 0 Å². The molecule has 0 amide bonds. The molecule has 2 aliphatic carbocycles. The second-order valence-corrected chi connectivity index (χ2v) is 10.4. The number of carbonyl (C=O) groups excluding carboxylic acids is 2. The van der Waals surface area contributed by atoms with Crippen molar-refractivity contribution in [1.29, 1.82) is 0 Å². The van der Waals surface area contributed by atoms with E-state index >= 15 is 0 Å². The molecule has 0 saturated carbocycles. The number of halogens is 2. The number of ether oxygens (including phenoxy) is 1. The van der Waals surface area contributed by atoms with Crippen molar-refractivity contribution < 1.29 is 24.2 Å². The number of allylic oxidation sites excluding steroid dienone is 4. The molecule has 2 aromatic carbocycles. The van der Waals surface area contributed by atoms with Crippen LogP contribution in [0.4, 0.5) is 0 Å². The summed E-state index contributed by atoms with van der Waals surface area (Å²) < 4.78 is 5.91. The highest BCUT2D eigenvalue weighted by atomic mass is 35.5. The molecule has 0 spiro atoms. The summed E-state index contributed by atoms with van der Waals surface area (Å²) in [7, 11) is 0. The Labute approximate surface area is 225 Å². The van der Waals surface area contributed by atoms with E-state index in [1.807, 2.05) is 0 Å². The van der Waals surface area contributed by atoms with Crippen LogP contribution in [0.25, 0.3) is 0 Å². The van der Waals surface area contributed by atoms with Crippen LogP contribution >= 0.6 is 23.2 Å². The van der Waals surface area contributed by atoms with Gasteiger partial charge in [0.15, 0.2) is 17.3 Å². The smallest absolute Gasteiger partial charge is 0.335 e. The number of Topliss-reactive ketones (excluding diaryl/α,β-unsaturated/α-hetero) is 2. The SMILES string of the molecule is CCN1C2=C(C(=O)CCC2)C(c2cc(Cl)c(OCc3ccc(C(=O)O)cc3)c(Cl)c2)C2=C1CCCC2=O. The van der Waals surface area contributed by atoms with Gasteiger partial charge in [-0.25, -0.2) is 4.79 Å². The lowest BCUT2D eigenvalue weighted by molar-refractivity contribution is -0.117. The first-order chi connectivity index (χ1) is 17.8. The van der Waals surface area contributed by atoms with Crippen molar-refractivity contribution in [3.05, 3.63) is 85.7 Å². The molecule has 0 aromatic heterocycles. The number of carboxylic acid groups (broad SMARTS) is 1. The summed E-state index contributed by atoms with van der Waals surface area (Å²) in [5, 5.41) is 9.66. The molecular formula is C29H27Cl2NO5. The number of carbonyl (C=O) groups is 3. The Morgan fingerprint density at radius 1 is 0.946 bits per heavy atom. The molecule has 8 heteroatoms. The Bertz CT molecular complexity index is 1290. The molecule has 37 heavy (non-hydrogen) atoms. The van der Waals surface area contributed by atoms with Crippen molar-refractivity contribution in [3.8, 4) is 5.75 Å². The molecule has 6 nitrogen and oxygen atoms in total. The van der Waals surface area contributed by atoms with Gasteiger partial charge in [-0.2, -0.15) is 0 Å². The fraction of sp³-hybridized carbons (Fsp3) is 0.345. The lowest BCUT2D eigenvalue weighted by Gasteiger charge is -2.43. The summed E-state index contributed by atoms with van der Waals surface area (Å²) in [6.45, 7) is 2.92. The number of aromatic carboxylic acids is 1. The Balaban J connectivity index is 1.52. The topological polar surface area (TPSA) is 83.9 Å². The number of benzene rings is 2. The largest absolute Gasteiger partial charge is 0.486 e. The first-order valence-corrected chi connectivity index (χ1v) is 13.3. The molecule has 0 radical (unpaired) electrons. The number of ketones is 2. The first kappa shape index (κ1) is 25.6. The lowest BCUT2D eigenvalue weighted by atomic mass is 9.71. The van der Waals surface area contributed by atoms with Crippen molar-refractivity contribution in [2.24, 2.45) is 0 Å². The molecule has 0 saturated heterocycles. The maximum absolute atomic E-state index is 13.3. The van der Waals surface area contributed by atoms with E-state index < -0.39 is 11.9 Å². The quantitative estimate of drug-likeness (QED) is 0.439. The van der Waals surface area contributed by atoms with E-state index in [0.717, 1.165) is 48.2 Å². The highest BCUT2D eigenvalue weighted by Gasteiger charge is 2.43. The van der Waals surface area contributed by atoms with Crippen LogP contribution in [0.1, 0.15) is 72.9 Å². The van der Waals surface area contributed by atoms with Crippen LogP contribution < -0.4 is 4.74 Å². The second-order valence-electron chi connectivity index (χ2n) is 9.56. The fourth-order valence-corrected chi connectivity index (χ4v) is 6.33. The van der Waals surface area contributed by atoms with Gasteiger partial charge in [0.2, 0.25) is 0 Å². The molecule has 0 bridgehead atoms. The summed E-state index contributed by atoms with van der Waals surface area (Å²) in [5.74, 6) is -1.03. The van der Waals surface area contributed by atoms with Crippen molar-refractivity contribution in [1.82, 2.24) is 4.90 Å². The second kappa shape index (κ2) is 10.3. The lowest BCUT2D eigenvalue weighted by Crippen LogP contribution is -2.39. The molecule has 2 aromatic rings. The third-order valence-electron chi connectivity index (χ3n) is 7.34. The van der Waals surface area contributed by atoms with Gasteiger partial charge in [-0.05, 0) is 68.0 Å². The Kier molecular flexibility index (Phi) is 7.15. The maximum Gasteiger partial charge on any atom is 0.335 e. The monoisotopic (exact) mass is 539 g/mol. The van der Waals surface area contributed by atoms with Gasteiger partial charge in [0.1, 0.15) is 6.61 Å². The summed E-state index contributed by atoms with van der Waals surface area (Å²) in [5.41, 5.74) is 5.11. The van der Waals surface area contributed by atoms with Crippen LogP contribution in [0.5, 0.6) is 5.75 Å². The normalized spacial score (nSPS) is 18.2. The van der Waals surface area contributed by atoms with E-state index in [-0.39, 0.29) is 23.7 Å². The average molecular weight is 540 g/mol. The van der Waals surface area contributed by atoms with Gasteiger partial charge < -0.3 is 14.7 Å². The zero-order valence-electron chi connectivity index (χ0n) is 20.5. The van der Waals surface area contributed by atoms with E-state index in [1.54, 1.807) is 24.3 Å². The Hall–Kier alpha value is -3.09. The number of carboxylic acids is 1. The highest BCUT2D eigenvalue weighted by molar-refractivity contribution is 6.37. The Morgan fingerprint density at radius 3 is 1.97 bits per heavy atom. The molecule has 1 N–H and O–H groups in total. The van der Waals surface area contributed by atoms with E-state index in [9.17, 15) is 14.4 Å². The average Bonchev–Trinajstić information content (AvgIpc) is 2.87. The molecule has 0 unspecified atom stereocenters. The predicted molar refractivity (Wildman–Crippen MR) is 141 cm³/mol. The van der Waals surface area contributed by atoms with E-state index in [4.69, 9.17) is 33.0 Å². The molecule has 0 fully saturated rings. The minimum absolute atomic E-state index is 0.0759. The van der Waals surface area contributed by atoms with Gasteiger partial charge >= 0.3 is 5.97 Å². The third-order valence-corrected chi connectivity index (χ3v) is 7.90. The first-order valence-electron chi connectivity index (χ1n) is 12.5. The molecule has 0 atom stereocenters. The number of hydrogen-bond donors (Lipinski definition) is 1. The molecule has 5 rings (SSSR count). The number of nitrogens with zero attached hydrogens (tertiary/aromatic N) is 1. The fourth-order valence-electron chi connectivity index (χ4n) is 5.71. The summed E-state index contributed by atoms with van der Waals surface area (Å²) >= 11 is 13.3. The van der Waals surface area contributed by atoms with Crippen molar-refractivity contribution in [2.75, 3.05) is 6.54 Å². The van der Waals surface area contributed by atoms with Crippen molar-refractivity contribution in [3.63, 3.8) is 0 Å². The van der Waals surface area contributed by atoms with Crippen LogP contribution in [0.15, 0.2) is 58.9 Å². The maximum atomic E-state index is 13.3. The minimum atomic E-state index is -0.997. The predicted octanol–water partition coefficient (Wildman–Crippen LogP) is 6.70. The third kappa shape index (κ3) is 4.69. The standard InChI is InChI=1S/C29H27Cl2NO5/c1-2-32-21-5-3-7-23(33)26(21)25(27-22(32)6-4-8-24(27)34)18-13-19(30)28(20(31)14-18)37-15-16-9-11-17(12-10-16)29(35)36/h9-14,25H,2-8,15H2,1H3,(H,35,36). The molecule has 1 heterocycles. The zero-order valence-corrected chi connectivity index (χ0v) is 22.0. The van der Waals surface area contributed by atoms with Gasteiger partial charge in [-0.1, -0.05) is 35.3 Å². The Morgan fingerprint density at radius 2 is 1.49 bits per heavy atom. The van der Waals surface area contributed by atoms with Crippen LogP contribution in [0, 0.1) is 0 Å². The number of hydrogen-bond acceptors (Lipinski definition) is 5. The van der Waals surface area contributed by atoms with Gasteiger partial charge in [0.05, 0.1) is 15.6 Å². The van der Waals surface area contributed by atoms with Crippen LogP contribution in [-0.4, -0.2) is 34.1 Å². The van der Waals surface area contributed by atoms with Gasteiger partial charge in [0, 0.05) is 47.8 Å². The summed E-state index contributed by atoms with van der Waals surface area (Å²) in [6, 6.07) is 9.87.